The molecule has 1 aliphatic heterocycles. The van der Waals surface area contributed by atoms with Crippen LogP contribution in [0.15, 0.2) is 66.7 Å². The summed E-state index contributed by atoms with van der Waals surface area (Å²) in [5, 5.41) is 5.82. The predicted octanol–water partition coefficient (Wildman–Crippen LogP) is 4.83. The summed E-state index contributed by atoms with van der Waals surface area (Å²) < 4.78 is 0. The van der Waals surface area contributed by atoms with Crippen molar-refractivity contribution >= 4 is 23.3 Å². The number of amides is 3. The van der Waals surface area contributed by atoms with Crippen molar-refractivity contribution in [3.8, 4) is 0 Å². The maximum Gasteiger partial charge on any atom is 0.319 e. The van der Waals surface area contributed by atoms with Crippen molar-refractivity contribution in [1.29, 1.82) is 0 Å². The first kappa shape index (κ1) is 19.7. The van der Waals surface area contributed by atoms with E-state index in [9.17, 15) is 9.59 Å². The highest BCUT2D eigenvalue weighted by Crippen LogP contribution is 2.30. The lowest BCUT2D eigenvalue weighted by Gasteiger charge is -2.18. The minimum atomic E-state index is -0.249. The van der Waals surface area contributed by atoms with Crippen LogP contribution >= 0.6 is 0 Å². The number of benzene rings is 3. The van der Waals surface area contributed by atoms with E-state index in [1.165, 1.54) is 0 Å². The van der Waals surface area contributed by atoms with E-state index < -0.39 is 0 Å². The highest BCUT2D eigenvalue weighted by molar-refractivity contribution is 6.07. The van der Waals surface area contributed by atoms with E-state index in [2.05, 4.69) is 10.6 Å². The Balaban J connectivity index is 1.43. The molecule has 1 aliphatic rings. The van der Waals surface area contributed by atoms with Gasteiger partial charge in [-0.25, -0.2) is 4.79 Å². The van der Waals surface area contributed by atoms with E-state index in [-0.39, 0.29) is 11.9 Å². The molecule has 0 fully saturated rings. The molecule has 0 saturated heterocycles. The van der Waals surface area contributed by atoms with Crippen LogP contribution in [0.3, 0.4) is 0 Å². The number of hydrogen-bond donors (Lipinski definition) is 2. The van der Waals surface area contributed by atoms with Crippen LogP contribution in [0.25, 0.3) is 0 Å². The van der Waals surface area contributed by atoms with Gasteiger partial charge in [0.2, 0.25) is 0 Å². The van der Waals surface area contributed by atoms with Crippen LogP contribution in [0.4, 0.5) is 16.2 Å². The summed E-state index contributed by atoms with van der Waals surface area (Å²) in [5.41, 5.74) is 6.72. The first-order valence-corrected chi connectivity index (χ1v) is 10.1. The van der Waals surface area contributed by atoms with Gasteiger partial charge in [-0.2, -0.15) is 0 Å². The molecule has 3 aromatic rings. The molecule has 5 nitrogen and oxygen atoms in total. The lowest BCUT2D eigenvalue weighted by atomic mass is 10.1. The van der Waals surface area contributed by atoms with E-state index >= 15 is 0 Å². The Morgan fingerprint density at radius 1 is 0.967 bits per heavy atom. The Morgan fingerprint density at radius 3 is 2.57 bits per heavy atom. The summed E-state index contributed by atoms with van der Waals surface area (Å²) >= 11 is 0. The average Bonchev–Trinajstić information content (AvgIpc) is 3.19. The molecule has 0 aliphatic carbocycles. The van der Waals surface area contributed by atoms with Crippen LogP contribution < -0.4 is 15.5 Å². The standard InChI is InChI=1S/C25H25N3O2/c1-17-7-6-10-22(18(17)2)27-25(30)26-16-19-11-12-20-13-14-28(23(20)15-19)24(29)21-8-4-3-5-9-21/h3-12,15H,13-14,16H2,1-2H3,(H2,26,27,30). The molecule has 5 heteroatoms. The van der Waals surface area contributed by atoms with Crippen molar-refractivity contribution in [2.75, 3.05) is 16.8 Å². The number of carbonyl (C=O) groups is 2. The third-order valence-corrected chi connectivity index (χ3v) is 5.62. The van der Waals surface area contributed by atoms with Crippen molar-refractivity contribution in [1.82, 2.24) is 5.32 Å². The molecule has 0 radical (unpaired) electrons. The Hall–Kier alpha value is -3.60. The van der Waals surface area contributed by atoms with Gasteiger partial charge in [0.25, 0.3) is 5.91 Å². The van der Waals surface area contributed by atoms with E-state index in [0.29, 0.717) is 18.7 Å². The maximum absolute atomic E-state index is 12.9. The van der Waals surface area contributed by atoms with Gasteiger partial charge in [-0.15, -0.1) is 0 Å². The van der Waals surface area contributed by atoms with Gasteiger partial charge >= 0.3 is 6.03 Å². The first-order chi connectivity index (χ1) is 14.5. The van der Waals surface area contributed by atoms with Gasteiger partial charge in [0.15, 0.2) is 0 Å². The lowest BCUT2D eigenvalue weighted by Crippen LogP contribution is -2.30. The third-order valence-electron chi connectivity index (χ3n) is 5.62. The monoisotopic (exact) mass is 399 g/mol. The Morgan fingerprint density at radius 2 is 1.77 bits per heavy atom. The lowest BCUT2D eigenvalue weighted by molar-refractivity contribution is 0.0989. The van der Waals surface area contributed by atoms with E-state index in [0.717, 1.165) is 40.0 Å². The summed E-state index contributed by atoms with van der Waals surface area (Å²) in [7, 11) is 0. The smallest absolute Gasteiger partial charge is 0.319 e. The van der Waals surface area contributed by atoms with Crippen molar-refractivity contribution in [3.05, 3.63) is 94.5 Å². The second-order valence-corrected chi connectivity index (χ2v) is 7.59. The SMILES string of the molecule is Cc1cccc(NC(=O)NCc2ccc3c(c2)N(C(=O)c2ccccc2)CC3)c1C. The van der Waals surface area contributed by atoms with Crippen LogP contribution in [0.2, 0.25) is 0 Å². The van der Waals surface area contributed by atoms with Gasteiger partial charge in [0.05, 0.1) is 0 Å². The molecule has 4 rings (SSSR count). The molecule has 0 bridgehead atoms. The number of nitrogens with one attached hydrogen (secondary N) is 2. The highest BCUT2D eigenvalue weighted by atomic mass is 16.2. The third kappa shape index (κ3) is 4.06. The molecule has 30 heavy (non-hydrogen) atoms. The number of carbonyl (C=O) groups excluding carboxylic acids is 2. The number of nitrogens with zero attached hydrogens (tertiary/aromatic N) is 1. The summed E-state index contributed by atoms with van der Waals surface area (Å²) in [4.78, 5) is 27.1. The fourth-order valence-electron chi connectivity index (χ4n) is 3.72. The van der Waals surface area contributed by atoms with Crippen LogP contribution in [0.5, 0.6) is 0 Å². The summed E-state index contributed by atoms with van der Waals surface area (Å²) in [6, 6.07) is 21.0. The zero-order valence-electron chi connectivity index (χ0n) is 17.2. The van der Waals surface area contributed by atoms with Gasteiger partial charge in [-0.3, -0.25) is 4.79 Å². The van der Waals surface area contributed by atoms with Crippen molar-refractivity contribution in [2.24, 2.45) is 0 Å². The van der Waals surface area contributed by atoms with Crippen molar-refractivity contribution in [2.45, 2.75) is 26.8 Å². The normalized spacial score (nSPS) is 12.4. The molecule has 152 valence electrons. The zero-order valence-corrected chi connectivity index (χ0v) is 17.2. The quantitative estimate of drug-likeness (QED) is 0.660. The minimum Gasteiger partial charge on any atom is -0.334 e. The van der Waals surface area contributed by atoms with Crippen LogP contribution in [0, 0.1) is 13.8 Å². The number of hydrogen-bond acceptors (Lipinski definition) is 2. The molecular weight excluding hydrogens is 374 g/mol. The van der Waals surface area contributed by atoms with Gasteiger partial charge < -0.3 is 15.5 Å². The number of urea groups is 1. The van der Waals surface area contributed by atoms with Crippen molar-refractivity contribution in [3.63, 3.8) is 0 Å². The highest BCUT2D eigenvalue weighted by Gasteiger charge is 2.25. The average molecular weight is 399 g/mol. The Labute approximate surface area is 176 Å². The summed E-state index contributed by atoms with van der Waals surface area (Å²) in [5.74, 6) is 0.00660. The van der Waals surface area contributed by atoms with Gasteiger partial charge in [-0.1, -0.05) is 42.5 Å². The molecule has 0 spiro atoms. The largest absolute Gasteiger partial charge is 0.334 e. The molecule has 1 heterocycles. The Kier molecular flexibility index (Phi) is 5.53. The molecule has 3 amide bonds. The molecule has 0 atom stereocenters. The second-order valence-electron chi connectivity index (χ2n) is 7.59. The molecule has 0 aromatic heterocycles. The van der Waals surface area contributed by atoms with E-state index in [1.54, 1.807) is 0 Å². The Bertz CT molecular complexity index is 1090. The number of rotatable bonds is 4. The minimum absolute atomic E-state index is 0.00660. The topological polar surface area (TPSA) is 61.4 Å². The van der Waals surface area contributed by atoms with Gasteiger partial charge in [0, 0.05) is 30.0 Å². The second kappa shape index (κ2) is 8.41. The van der Waals surface area contributed by atoms with Crippen LogP contribution in [-0.4, -0.2) is 18.5 Å². The molecule has 2 N–H and O–H groups in total. The van der Waals surface area contributed by atoms with Crippen LogP contribution in [0.1, 0.15) is 32.6 Å². The summed E-state index contributed by atoms with van der Waals surface area (Å²) in [6.07, 6.45) is 0.842. The van der Waals surface area contributed by atoms with E-state index in [1.807, 2.05) is 85.5 Å². The fraction of sp³-hybridized carbons (Fsp3) is 0.200. The summed E-state index contributed by atoms with van der Waals surface area (Å²) in [6.45, 7) is 5.07. The van der Waals surface area contributed by atoms with E-state index in [4.69, 9.17) is 0 Å². The number of anilines is 2. The first-order valence-electron chi connectivity index (χ1n) is 10.1. The molecule has 0 unspecified atom stereocenters. The fourth-order valence-corrected chi connectivity index (χ4v) is 3.72. The number of fused-ring (bicyclic) bond motifs is 1. The predicted molar refractivity (Wildman–Crippen MR) is 120 cm³/mol. The van der Waals surface area contributed by atoms with Gasteiger partial charge in [0.1, 0.15) is 0 Å². The molecular formula is C25H25N3O2. The number of aryl methyl sites for hydroxylation is 1. The zero-order chi connectivity index (χ0) is 21.1. The van der Waals surface area contributed by atoms with Gasteiger partial charge in [-0.05, 0) is 66.8 Å². The maximum atomic E-state index is 12.9. The molecule has 0 saturated carbocycles. The molecule has 3 aromatic carbocycles. The van der Waals surface area contributed by atoms with Crippen LogP contribution in [-0.2, 0) is 13.0 Å². The van der Waals surface area contributed by atoms with Crippen molar-refractivity contribution < 1.29 is 9.59 Å².